The fourth-order valence-corrected chi connectivity index (χ4v) is 7.45. The normalized spacial score (nSPS) is 11.7. The summed E-state index contributed by atoms with van der Waals surface area (Å²) < 4.78 is 26.4. The van der Waals surface area contributed by atoms with E-state index in [1.165, 1.54) is 43.3 Å². The standard InChI is InChI=1S/C61H60N8O16/c1-40(70)85-48-28-26-47(27-29-48)69-68-46-24-22-45(23-25-46)58(77)63-34-54(73)65-49(59(78)64-35-55(74)67-51(61(80)84-39-44-20-12-5-13-21-44)32-57(76)82-37-42-16-8-3-9-17-42)30-52(71)62-33-53(72)66-50(60(79)83-38-43-18-10-4-11-19-43)31-56(75)81-36-41-14-6-2-7-15-41/h2-29,49-51H,30-39H2,1H3,(H,62,71)(H,63,77)(H,64,78)(H,65,73)(H,66,72)(H,67,74). The Hall–Kier alpha value is -10.9. The summed E-state index contributed by atoms with van der Waals surface area (Å²) in [4.78, 5) is 144. The topological polar surface area (TPSA) is 331 Å². The number of nitrogens with one attached hydrogen (secondary N) is 6. The molecule has 440 valence electrons. The van der Waals surface area contributed by atoms with Crippen LogP contribution in [0.1, 0.15) is 58.8 Å². The first-order valence-corrected chi connectivity index (χ1v) is 26.4. The molecule has 0 saturated carbocycles. The number of esters is 5. The Morgan fingerprint density at radius 3 is 1.16 bits per heavy atom. The molecule has 6 aromatic rings. The summed E-state index contributed by atoms with van der Waals surface area (Å²) in [5.41, 5.74) is 3.43. The number of carbonyl (C=O) groups excluding carboxylic acids is 11. The highest BCUT2D eigenvalue weighted by atomic mass is 16.6. The van der Waals surface area contributed by atoms with Gasteiger partial charge in [0.1, 0.15) is 50.3 Å². The van der Waals surface area contributed by atoms with Gasteiger partial charge in [-0.25, -0.2) is 9.59 Å². The van der Waals surface area contributed by atoms with Crippen molar-refractivity contribution in [2.75, 3.05) is 19.6 Å². The number of hydrogen-bond acceptors (Lipinski definition) is 18. The molecule has 0 aliphatic rings. The van der Waals surface area contributed by atoms with Crippen LogP contribution in [0.5, 0.6) is 5.75 Å². The highest BCUT2D eigenvalue weighted by Gasteiger charge is 2.30. The zero-order valence-electron chi connectivity index (χ0n) is 45.9. The lowest BCUT2D eigenvalue weighted by Gasteiger charge is -2.20. The molecule has 3 unspecified atom stereocenters. The first kappa shape index (κ1) is 63.3. The smallest absolute Gasteiger partial charge is 0.329 e. The number of hydrogen-bond donors (Lipinski definition) is 6. The number of azo groups is 1. The van der Waals surface area contributed by atoms with E-state index in [0.717, 1.165) is 0 Å². The van der Waals surface area contributed by atoms with Crippen LogP contribution < -0.4 is 36.6 Å². The number of nitrogens with zero attached hydrogens (tertiary/aromatic N) is 2. The Morgan fingerprint density at radius 1 is 0.388 bits per heavy atom. The van der Waals surface area contributed by atoms with Crippen LogP contribution >= 0.6 is 0 Å². The maximum absolute atomic E-state index is 13.8. The van der Waals surface area contributed by atoms with Crippen molar-refractivity contribution < 1.29 is 76.4 Å². The molecular weight excluding hydrogens is 1100 g/mol. The van der Waals surface area contributed by atoms with Gasteiger partial charge in [-0.15, -0.1) is 0 Å². The van der Waals surface area contributed by atoms with Crippen LogP contribution in [0.3, 0.4) is 0 Å². The van der Waals surface area contributed by atoms with Gasteiger partial charge < -0.3 is 55.6 Å². The second kappa shape index (κ2) is 33.7. The summed E-state index contributed by atoms with van der Waals surface area (Å²) in [5, 5.41) is 22.2. The lowest BCUT2D eigenvalue weighted by atomic mass is 10.1. The fourth-order valence-electron chi connectivity index (χ4n) is 7.45. The SMILES string of the molecule is CC(=O)Oc1ccc(N=Nc2ccc(C(=O)NCC(=O)NC(CC(=O)NCC(=O)NC(CC(=O)OCc3ccccc3)C(=O)OCc3ccccc3)C(=O)NCC(=O)NC(CC(=O)OCc3ccccc3)C(=O)OCc3ccccc3)cc2)cc1. The van der Waals surface area contributed by atoms with E-state index >= 15 is 0 Å². The van der Waals surface area contributed by atoms with Crippen molar-refractivity contribution in [1.82, 2.24) is 31.9 Å². The first-order valence-electron chi connectivity index (χ1n) is 26.4. The highest BCUT2D eigenvalue weighted by Crippen LogP contribution is 2.22. The van der Waals surface area contributed by atoms with Crippen molar-refractivity contribution in [3.05, 3.63) is 198 Å². The van der Waals surface area contributed by atoms with E-state index in [-0.39, 0.29) is 32.0 Å². The molecule has 0 aliphatic carbocycles. The van der Waals surface area contributed by atoms with E-state index in [2.05, 4.69) is 42.1 Å². The molecule has 24 heteroatoms. The van der Waals surface area contributed by atoms with Crippen molar-refractivity contribution in [1.29, 1.82) is 0 Å². The molecule has 6 amide bonds. The average molecular weight is 1160 g/mol. The molecule has 0 heterocycles. The third-order valence-corrected chi connectivity index (χ3v) is 11.7. The van der Waals surface area contributed by atoms with E-state index in [1.54, 1.807) is 133 Å². The van der Waals surface area contributed by atoms with Gasteiger partial charge in [0.15, 0.2) is 0 Å². The Balaban J connectivity index is 1.09. The average Bonchev–Trinajstić information content (AvgIpc) is 3.55. The Kier molecular flexibility index (Phi) is 25.1. The zero-order chi connectivity index (χ0) is 60.8. The molecule has 0 fully saturated rings. The first-order chi connectivity index (χ1) is 41.0. The van der Waals surface area contributed by atoms with Crippen LogP contribution in [-0.4, -0.2) is 103 Å². The van der Waals surface area contributed by atoms with Gasteiger partial charge in [-0.1, -0.05) is 121 Å². The number of benzene rings is 6. The van der Waals surface area contributed by atoms with Crippen LogP contribution in [0.15, 0.2) is 180 Å². The molecule has 6 rings (SSSR count). The summed E-state index contributed by atoms with van der Waals surface area (Å²) in [6, 6.07) is 41.6. The third-order valence-electron chi connectivity index (χ3n) is 11.7. The Labute approximate surface area is 487 Å². The molecule has 24 nitrogen and oxygen atoms in total. The molecule has 6 aromatic carbocycles. The Bertz CT molecular complexity index is 3280. The van der Waals surface area contributed by atoms with E-state index in [0.29, 0.717) is 39.4 Å². The molecule has 3 atom stereocenters. The van der Waals surface area contributed by atoms with Gasteiger partial charge in [0, 0.05) is 12.5 Å². The summed E-state index contributed by atoms with van der Waals surface area (Å²) in [6.45, 7) is -1.83. The minimum Gasteiger partial charge on any atom is -0.461 e. The molecule has 0 saturated heterocycles. The molecule has 0 radical (unpaired) electrons. The van der Waals surface area contributed by atoms with E-state index in [4.69, 9.17) is 23.7 Å². The molecule has 0 spiro atoms. The summed E-state index contributed by atoms with van der Waals surface area (Å²) >= 11 is 0. The van der Waals surface area contributed by atoms with Crippen molar-refractivity contribution >= 4 is 76.7 Å². The van der Waals surface area contributed by atoms with Crippen molar-refractivity contribution in [3.63, 3.8) is 0 Å². The van der Waals surface area contributed by atoms with Gasteiger partial charge >= 0.3 is 29.8 Å². The number of amides is 6. The minimum atomic E-state index is -1.79. The monoisotopic (exact) mass is 1160 g/mol. The Morgan fingerprint density at radius 2 is 0.753 bits per heavy atom. The maximum Gasteiger partial charge on any atom is 0.329 e. The number of carbonyl (C=O) groups is 11. The molecular formula is C61H60N8O16. The lowest BCUT2D eigenvalue weighted by molar-refractivity contribution is -0.155. The predicted octanol–water partition coefficient (Wildman–Crippen LogP) is 4.59. The van der Waals surface area contributed by atoms with Crippen LogP contribution in [0.2, 0.25) is 0 Å². The number of ether oxygens (including phenoxy) is 5. The molecule has 85 heavy (non-hydrogen) atoms. The van der Waals surface area contributed by atoms with Gasteiger partial charge in [-0.3, -0.25) is 43.2 Å². The highest BCUT2D eigenvalue weighted by molar-refractivity contribution is 5.99. The second-order valence-corrected chi connectivity index (χ2v) is 18.5. The van der Waals surface area contributed by atoms with E-state index in [9.17, 15) is 52.7 Å². The summed E-state index contributed by atoms with van der Waals surface area (Å²) in [6.07, 6.45) is -2.19. The third kappa shape index (κ3) is 23.6. The van der Waals surface area contributed by atoms with Crippen molar-refractivity contribution in [3.8, 4) is 5.75 Å². The van der Waals surface area contributed by atoms with Gasteiger partial charge in [0.25, 0.3) is 5.91 Å². The summed E-state index contributed by atoms with van der Waals surface area (Å²) in [5.74, 6) is -9.71. The summed E-state index contributed by atoms with van der Waals surface area (Å²) in [7, 11) is 0. The van der Waals surface area contributed by atoms with Crippen LogP contribution in [-0.2, 0) is 93.3 Å². The molecule has 6 N–H and O–H groups in total. The molecule has 0 aliphatic heterocycles. The predicted molar refractivity (Wildman–Crippen MR) is 301 cm³/mol. The second-order valence-electron chi connectivity index (χ2n) is 18.5. The molecule has 0 bridgehead atoms. The van der Waals surface area contributed by atoms with Gasteiger partial charge in [-0.05, 0) is 70.8 Å². The quantitative estimate of drug-likeness (QED) is 0.0155. The van der Waals surface area contributed by atoms with Crippen LogP contribution in [0.25, 0.3) is 0 Å². The largest absolute Gasteiger partial charge is 0.461 e. The van der Waals surface area contributed by atoms with Gasteiger partial charge in [0.05, 0.1) is 50.3 Å². The fraction of sp³-hybridized carbons (Fsp3) is 0.230. The van der Waals surface area contributed by atoms with Crippen LogP contribution in [0, 0.1) is 0 Å². The van der Waals surface area contributed by atoms with Gasteiger partial charge in [-0.2, -0.15) is 10.2 Å². The van der Waals surface area contributed by atoms with Crippen molar-refractivity contribution in [2.45, 2.75) is 70.7 Å². The lowest BCUT2D eigenvalue weighted by Crippen LogP contribution is -2.54. The van der Waals surface area contributed by atoms with E-state index < -0.39 is 122 Å². The minimum absolute atomic E-state index is 0.0953. The zero-order valence-corrected chi connectivity index (χ0v) is 45.9. The van der Waals surface area contributed by atoms with Crippen molar-refractivity contribution in [2.24, 2.45) is 10.2 Å². The van der Waals surface area contributed by atoms with Crippen LogP contribution in [0.4, 0.5) is 11.4 Å². The number of rotatable bonds is 30. The maximum atomic E-state index is 13.8. The van der Waals surface area contributed by atoms with E-state index in [1.807, 2.05) is 0 Å². The molecule has 0 aromatic heterocycles. The van der Waals surface area contributed by atoms with Gasteiger partial charge in [0.2, 0.25) is 29.5 Å².